The molecule has 0 aliphatic rings. The third-order valence-electron chi connectivity index (χ3n) is 6.00. The topological polar surface area (TPSA) is 62.3 Å². The molecule has 0 saturated heterocycles. The molecule has 0 unspecified atom stereocenters. The molecule has 0 radical (unpaired) electrons. The maximum atomic E-state index is 13.8. The van der Waals surface area contributed by atoms with Crippen LogP contribution in [0.2, 0.25) is 10.0 Å². The predicted octanol–water partition coefficient (Wildman–Crippen LogP) is 5.89. The molecule has 0 spiro atoms. The quantitative estimate of drug-likeness (QED) is 0.277. The second-order valence-electron chi connectivity index (χ2n) is 8.74. The fourth-order valence-electron chi connectivity index (χ4n) is 4.03. The zero-order chi connectivity index (χ0) is 26.0. The zero-order valence-corrected chi connectivity index (χ0v) is 21.7. The van der Waals surface area contributed by atoms with Gasteiger partial charge in [-0.3, -0.25) is 14.6 Å². The van der Waals surface area contributed by atoms with Crippen LogP contribution in [0.25, 0.3) is 0 Å². The monoisotopic (exact) mass is 531 g/mol. The van der Waals surface area contributed by atoms with Gasteiger partial charge in [0.1, 0.15) is 6.04 Å². The van der Waals surface area contributed by atoms with E-state index >= 15 is 0 Å². The van der Waals surface area contributed by atoms with Crippen LogP contribution in [-0.2, 0) is 35.5 Å². The van der Waals surface area contributed by atoms with Crippen molar-refractivity contribution in [1.29, 1.82) is 0 Å². The summed E-state index contributed by atoms with van der Waals surface area (Å²) in [5, 5.41) is 4.22. The van der Waals surface area contributed by atoms with Gasteiger partial charge in [-0.05, 0) is 52.6 Å². The van der Waals surface area contributed by atoms with Gasteiger partial charge in [0, 0.05) is 41.9 Å². The maximum absolute atomic E-state index is 13.8. The molecule has 0 aliphatic heterocycles. The van der Waals surface area contributed by atoms with Gasteiger partial charge in [-0.25, -0.2) is 0 Å². The number of benzene rings is 3. The van der Waals surface area contributed by atoms with Crippen LogP contribution in [0.15, 0.2) is 103 Å². The van der Waals surface area contributed by atoms with Crippen molar-refractivity contribution < 1.29 is 9.59 Å². The molecule has 1 heterocycles. The van der Waals surface area contributed by atoms with E-state index in [2.05, 4.69) is 10.3 Å². The van der Waals surface area contributed by atoms with Gasteiger partial charge in [-0.15, -0.1) is 0 Å². The summed E-state index contributed by atoms with van der Waals surface area (Å²) in [5.41, 5.74) is 3.55. The van der Waals surface area contributed by atoms with Gasteiger partial charge in [0.25, 0.3) is 0 Å². The average Bonchev–Trinajstić information content (AvgIpc) is 2.92. The number of pyridine rings is 1. The molecule has 0 saturated carbocycles. The molecule has 1 N–H and O–H groups in total. The highest BCUT2D eigenvalue weighted by molar-refractivity contribution is 6.30. The highest BCUT2D eigenvalue weighted by atomic mass is 35.5. The van der Waals surface area contributed by atoms with Crippen LogP contribution in [0.1, 0.15) is 22.3 Å². The third-order valence-corrected chi connectivity index (χ3v) is 6.50. The molecular weight excluding hydrogens is 505 g/mol. The van der Waals surface area contributed by atoms with E-state index in [1.165, 1.54) is 0 Å². The molecule has 0 aliphatic carbocycles. The number of amides is 2. The van der Waals surface area contributed by atoms with Crippen LogP contribution in [0, 0.1) is 0 Å². The first kappa shape index (κ1) is 26.4. The van der Waals surface area contributed by atoms with E-state index in [0.29, 0.717) is 23.0 Å². The molecule has 4 rings (SSSR count). The van der Waals surface area contributed by atoms with E-state index < -0.39 is 6.04 Å². The molecule has 1 aromatic heterocycles. The number of carbonyl (C=O) groups excluding carboxylic acids is 2. The SMILES string of the molecule is O=C(NCc1cccnc1)[C@@H](Cc1ccccc1)N(Cc1ccc(Cl)cc1)C(=O)Cc1ccc(Cl)cc1. The van der Waals surface area contributed by atoms with Gasteiger partial charge < -0.3 is 10.2 Å². The summed E-state index contributed by atoms with van der Waals surface area (Å²) in [5.74, 6) is -0.388. The largest absolute Gasteiger partial charge is 0.350 e. The minimum absolute atomic E-state index is 0.145. The van der Waals surface area contributed by atoms with E-state index in [0.717, 1.165) is 22.3 Å². The Morgan fingerprint density at radius 3 is 2.00 bits per heavy atom. The normalized spacial score (nSPS) is 11.5. The van der Waals surface area contributed by atoms with E-state index in [9.17, 15) is 9.59 Å². The zero-order valence-electron chi connectivity index (χ0n) is 20.2. The molecule has 3 aromatic carbocycles. The van der Waals surface area contributed by atoms with Crippen molar-refractivity contribution in [1.82, 2.24) is 15.2 Å². The first-order valence-electron chi connectivity index (χ1n) is 12.0. The summed E-state index contributed by atoms with van der Waals surface area (Å²) in [6.07, 6.45) is 3.92. The summed E-state index contributed by atoms with van der Waals surface area (Å²) in [4.78, 5) is 33.2. The van der Waals surface area contributed by atoms with E-state index in [1.54, 1.807) is 41.6 Å². The Morgan fingerprint density at radius 2 is 1.38 bits per heavy atom. The first-order valence-corrected chi connectivity index (χ1v) is 12.7. The van der Waals surface area contributed by atoms with Crippen molar-refractivity contribution in [3.63, 3.8) is 0 Å². The van der Waals surface area contributed by atoms with E-state index in [4.69, 9.17) is 23.2 Å². The van der Waals surface area contributed by atoms with Crippen LogP contribution in [0.5, 0.6) is 0 Å². The number of hydrogen-bond acceptors (Lipinski definition) is 3. The molecule has 7 heteroatoms. The van der Waals surface area contributed by atoms with Crippen LogP contribution in [0.3, 0.4) is 0 Å². The fraction of sp³-hybridized carbons (Fsp3) is 0.167. The minimum Gasteiger partial charge on any atom is -0.350 e. The van der Waals surface area contributed by atoms with Gasteiger partial charge >= 0.3 is 0 Å². The predicted molar refractivity (Wildman–Crippen MR) is 147 cm³/mol. The van der Waals surface area contributed by atoms with Crippen molar-refractivity contribution in [2.24, 2.45) is 0 Å². The van der Waals surface area contributed by atoms with Crippen molar-refractivity contribution in [2.45, 2.75) is 32.0 Å². The number of hydrogen-bond donors (Lipinski definition) is 1. The number of aromatic nitrogens is 1. The molecule has 37 heavy (non-hydrogen) atoms. The maximum Gasteiger partial charge on any atom is 0.243 e. The lowest BCUT2D eigenvalue weighted by Crippen LogP contribution is -2.50. The second kappa shape index (κ2) is 13.0. The lowest BCUT2D eigenvalue weighted by molar-refractivity contribution is -0.140. The van der Waals surface area contributed by atoms with Gasteiger partial charge in [0.2, 0.25) is 11.8 Å². The summed E-state index contributed by atoms with van der Waals surface area (Å²) >= 11 is 12.1. The molecule has 1 atom stereocenters. The first-order chi connectivity index (χ1) is 18.0. The number of halogens is 2. The van der Waals surface area contributed by atoms with Crippen LogP contribution in [0.4, 0.5) is 0 Å². The Bertz CT molecular complexity index is 1300. The third kappa shape index (κ3) is 7.91. The van der Waals surface area contributed by atoms with E-state index in [-0.39, 0.29) is 24.8 Å². The Balaban J connectivity index is 1.64. The molecule has 4 aromatic rings. The Kier molecular flexibility index (Phi) is 9.30. The Morgan fingerprint density at radius 1 is 0.757 bits per heavy atom. The molecule has 188 valence electrons. The Hall–Kier alpha value is -3.67. The highest BCUT2D eigenvalue weighted by Gasteiger charge is 2.30. The van der Waals surface area contributed by atoms with Crippen molar-refractivity contribution >= 4 is 35.0 Å². The Labute approximate surface area is 227 Å². The van der Waals surface area contributed by atoms with Crippen molar-refractivity contribution in [3.05, 3.63) is 136 Å². The molecular formula is C30H27Cl2N3O2. The molecule has 0 fully saturated rings. The van der Waals surface area contributed by atoms with Gasteiger partial charge in [-0.1, -0.05) is 83.9 Å². The van der Waals surface area contributed by atoms with Crippen LogP contribution in [-0.4, -0.2) is 27.7 Å². The lowest BCUT2D eigenvalue weighted by Gasteiger charge is -2.32. The van der Waals surface area contributed by atoms with Gasteiger partial charge in [-0.2, -0.15) is 0 Å². The summed E-state index contributed by atoms with van der Waals surface area (Å²) in [7, 11) is 0. The molecule has 2 amide bonds. The fourth-order valence-corrected chi connectivity index (χ4v) is 4.28. The summed E-state index contributed by atoms with van der Waals surface area (Å²) < 4.78 is 0. The van der Waals surface area contributed by atoms with Crippen LogP contribution >= 0.6 is 23.2 Å². The lowest BCUT2D eigenvalue weighted by atomic mass is 10.0. The summed E-state index contributed by atoms with van der Waals surface area (Å²) in [6.45, 7) is 0.583. The number of nitrogens with one attached hydrogen (secondary N) is 1. The van der Waals surface area contributed by atoms with E-state index in [1.807, 2.05) is 66.7 Å². The number of nitrogens with zero attached hydrogens (tertiary/aromatic N) is 2. The highest BCUT2D eigenvalue weighted by Crippen LogP contribution is 2.19. The molecule has 5 nitrogen and oxygen atoms in total. The van der Waals surface area contributed by atoms with Crippen molar-refractivity contribution in [3.8, 4) is 0 Å². The van der Waals surface area contributed by atoms with Crippen molar-refractivity contribution in [2.75, 3.05) is 0 Å². The minimum atomic E-state index is -0.727. The second-order valence-corrected chi connectivity index (χ2v) is 9.61. The number of rotatable bonds is 10. The van der Waals surface area contributed by atoms with Gasteiger partial charge in [0.15, 0.2) is 0 Å². The average molecular weight is 532 g/mol. The van der Waals surface area contributed by atoms with Gasteiger partial charge in [0.05, 0.1) is 6.42 Å². The van der Waals surface area contributed by atoms with Crippen LogP contribution < -0.4 is 5.32 Å². The molecule has 0 bridgehead atoms. The summed E-state index contributed by atoms with van der Waals surface area (Å²) in [6, 6.07) is 27.2. The number of carbonyl (C=O) groups is 2. The standard InChI is InChI=1S/C30H27Cl2N3O2/c31-26-12-8-23(9-13-26)18-29(36)35(21-24-10-14-27(32)15-11-24)28(17-22-5-2-1-3-6-22)30(37)34-20-25-7-4-16-33-19-25/h1-16,19,28H,17-18,20-21H2,(H,34,37)/t28-/m1/s1. The smallest absolute Gasteiger partial charge is 0.243 e.